The number of aromatic nitrogens is 3. The zero-order valence-corrected chi connectivity index (χ0v) is 18.1. The second-order valence-corrected chi connectivity index (χ2v) is 8.71. The molecule has 186 valence electrons. The van der Waals surface area contributed by atoms with E-state index in [1.807, 2.05) is 10.6 Å². The number of amides is 4. The Morgan fingerprint density at radius 2 is 1.77 bits per heavy atom. The Kier molecular flexibility index (Phi) is 4.92. The number of carbonyl (C=O) groups excluding carboxylic acids is 3. The number of alkyl halides is 3. The summed E-state index contributed by atoms with van der Waals surface area (Å²) >= 11 is 0. The molecule has 0 saturated carbocycles. The van der Waals surface area contributed by atoms with Crippen LogP contribution in [0, 0.1) is 17.0 Å². The van der Waals surface area contributed by atoms with E-state index in [1.165, 1.54) is 4.90 Å². The van der Waals surface area contributed by atoms with E-state index >= 15 is 8.78 Å². The first kappa shape index (κ1) is 23.1. The molecule has 5 rings (SSSR count). The fraction of sp³-hybridized carbons (Fsp3) is 0.450. The summed E-state index contributed by atoms with van der Waals surface area (Å²) in [4.78, 5) is 39.3. The molecule has 2 aromatic rings. The summed E-state index contributed by atoms with van der Waals surface area (Å²) in [6, 6.07) is -1.13. The molecule has 3 atom stereocenters. The molecular formula is C20H17F5N6O4. The van der Waals surface area contributed by atoms with Crippen LogP contribution >= 0.6 is 0 Å². The third-order valence-corrected chi connectivity index (χ3v) is 6.48. The number of benzene rings is 1. The van der Waals surface area contributed by atoms with Gasteiger partial charge in [0, 0.05) is 13.0 Å². The van der Waals surface area contributed by atoms with Gasteiger partial charge in [0.25, 0.3) is 0 Å². The van der Waals surface area contributed by atoms with Crippen LogP contribution in [0.25, 0.3) is 5.69 Å². The largest absolute Gasteiger partial charge is 0.436 e. The highest BCUT2D eigenvalue weighted by atomic mass is 19.4. The number of hydrogen-bond donors (Lipinski definition) is 2. The number of morpholine rings is 1. The number of ether oxygens (including phenoxy) is 1. The lowest BCUT2D eigenvalue weighted by molar-refractivity contribution is -0.153. The van der Waals surface area contributed by atoms with E-state index < -0.39 is 77.1 Å². The molecule has 1 aromatic heterocycles. The van der Waals surface area contributed by atoms with E-state index in [0.717, 1.165) is 6.07 Å². The first-order valence-corrected chi connectivity index (χ1v) is 10.4. The first-order valence-electron chi connectivity index (χ1n) is 10.4. The molecule has 3 aliphatic heterocycles. The summed E-state index contributed by atoms with van der Waals surface area (Å²) in [5.74, 6) is -4.79. The van der Waals surface area contributed by atoms with Gasteiger partial charge in [-0.2, -0.15) is 13.2 Å². The fourth-order valence-electron chi connectivity index (χ4n) is 5.20. The predicted octanol–water partition coefficient (Wildman–Crippen LogP) is 1.45. The van der Waals surface area contributed by atoms with Crippen LogP contribution in [0.15, 0.2) is 12.3 Å². The van der Waals surface area contributed by atoms with E-state index in [9.17, 15) is 27.6 Å². The summed E-state index contributed by atoms with van der Waals surface area (Å²) in [5.41, 5.74) is -4.38. The monoisotopic (exact) mass is 500 g/mol. The number of rotatable bonds is 1. The van der Waals surface area contributed by atoms with Crippen molar-refractivity contribution in [2.75, 3.05) is 11.4 Å². The fourth-order valence-corrected chi connectivity index (χ4v) is 5.20. The van der Waals surface area contributed by atoms with Crippen molar-refractivity contribution in [1.29, 1.82) is 0 Å². The molecule has 35 heavy (non-hydrogen) atoms. The summed E-state index contributed by atoms with van der Waals surface area (Å²) in [5, 5.41) is 10.3. The highest BCUT2D eigenvalue weighted by molar-refractivity contribution is 6.20. The first-order chi connectivity index (χ1) is 16.3. The highest BCUT2D eigenvalue weighted by Crippen LogP contribution is 2.48. The average molecular weight is 500 g/mol. The third kappa shape index (κ3) is 3.28. The zero-order chi connectivity index (χ0) is 25.4. The maximum absolute atomic E-state index is 15.5. The second kappa shape index (κ2) is 7.44. The van der Waals surface area contributed by atoms with Gasteiger partial charge in [-0.05, 0) is 25.5 Å². The molecule has 2 N–H and O–H groups in total. The SMILES string of the molecule is CC1CN2c3c(cc(-n4cc(C(F)(F)F)nn4)c(F)c3F)CC3(C(=O)NC(=O)NC3=O)[C@H]2[C@H](C)O1. The molecule has 4 heterocycles. The molecule has 1 aromatic carbocycles. The Balaban J connectivity index is 1.72. The Hall–Kier alpha value is -3.62. The number of urea groups is 1. The summed E-state index contributed by atoms with van der Waals surface area (Å²) in [6.07, 6.45) is -6.29. The molecule has 3 aliphatic rings. The molecule has 0 radical (unpaired) electrons. The minimum atomic E-state index is -4.87. The molecule has 1 unspecified atom stereocenters. The van der Waals surface area contributed by atoms with Gasteiger partial charge >= 0.3 is 12.2 Å². The van der Waals surface area contributed by atoms with Gasteiger partial charge in [-0.3, -0.25) is 20.2 Å². The van der Waals surface area contributed by atoms with Crippen molar-refractivity contribution in [1.82, 2.24) is 25.6 Å². The normalized spacial score (nSPS) is 25.7. The number of anilines is 1. The Morgan fingerprint density at radius 1 is 1.11 bits per heavy atom. The van der Waals surface area contributed by atoms with Gasteiger partial charge in [-0.25, -0.2) is 18.3 Å². The highest BCUT2D eigenvalue weighted by Gasteiger charge is 2.63. The van der Waals surface area contributed by atoms with Gasteiger partial charge in [0.05, 0.1) is 30.1 Å². The number of hydrogen-bond acceptors (Lipinski definition) is 7. The van der Waals surface area contributed by atoms with Gasteiger partial charge in [0.15, 0.2) is 22.7 Å². The lowest BCUT2D eigenvalue weighted by Gasteiger charge is -2.55. The quantitative estimate of drug-likeness (QED) is 0.450. The number of carbonyl (C=O) groups is 3. The average Bonchev–Trinajstić information content (AvgIpc) is 3.24. The molecule has 10 nitrogen and oxygen atoms in total. The number of nitrogens with zero attached hydrogens (tertiary/aromatic N) is 4. The van der Waals surface area contributed by atoms with Crippen LogP contribution in [0.2, 0.25) is 0 Å². The van der Waals surface area contributed by atoms with E-state index in [0.29, 0.717) is 10.9 Å². The Labute approximate surface area is 193 Å². The number of nitrogens with one attached hydrogen (secondary N) is 2. The van der Waals surface area contributed by atoms with Crippen molar-refractivity contribution in [3.8, 4) is 5.69 Å². The van der Waals surface area contributed by atoms with Gasteiger partial charge in [-0.15, -0.1) is 5.10 Å². The lowest BCUT2D eigenvalue weighted by Crippen LogP contribution is -2.75. The minimum Gasteiger partial charge on any atom is -0.372 e. The maximum atomic E-state index is 15.5. The van der Waals surface area contributed by atoms with Crippen LogP contribution in [0.5, 0.6) is 0 Å². The van der Waals surface area contributed by atoms with Crippen molar-refractivity contribution >= 4 is 23.5 Å². The number of barbiturate groups is 1. The van der Waals surface area contributed by atoms with Crippen molar-refractivity contribution in [2.45, 2.75) is 44.7 Å². The molecule has 15 heteroatoms. The minimum absolute atomic E-state index is 0.0322. The molecule has 0 aliphatic carbocycles. The topological polar surface area (TPSA) is 118 Å². The summed E-state index contributed by atoms with van der Waals surface area (Å²) in [6.45, 7) is 3.19. The van der Waals surface area contributed by atoms with Gasteiger partial charge < -0.3 is 9.64 Å². The summed E-state index contributed by atoms with van der Waals surface area (Å²) in [7, 11) is 0. The van der Waals surface area contributed by atoms with Crippen molar-refractivity contribution < 1.29 is 41.1 Å². The number of fused-ring (bicyclic) bond motifs is 4. The molecule has 1 spiro atoms. The molecule has 2 saturated heterocycles. The van der Waals surface area contributed by atoms with Crippen LogP contribution in [0.3, 0.4) is 0 Å². The maximum Gasteiger partial charge on any atom is 0.436 e. The Morgan fingerprint density at radius 3 is 2.37 bits per heavy atom. The second-order valence-electron chi connectivity index (χ2n) is 8.71. The van der Waals surface area contributed by atoms with E-state index in [4.69, 9.17) is 4.74 Å². The van der Waals surface area contributed by atoms with Crippen LogP contribution in [-0.4, -0.2) is 57.6 Å². The van der Waals surface area contributed by atoms with Crippen LogP contribution in [0.1, 0.15) is 25.1 Å². The molecule has 0 bridgehead atoms. The van der Waals surface area contributed by atoms with E-state index in [-0.39, 0.29) is 17.8 Å². The molecular weight excluding hydrogens is 483 g/mol. The number of imide groups is 2. The van der Waals surface area contributed by atoms with Crippen LogP contribution in [-0.2, 0) is 26.9 Å². The van der Waals surface area contributed by atoms with Crippen LogP contribution in [0.4, 0.5) is 32.4 Å². The zero-order valence-electron chi connectivity index (χ0n) is 18.1. The van der Waals surface area contributed by atoms with Crippen molar-refractivity contribution in [2.24, 2.45) is 5.41 Å². The van der Waals surface area contributed by atoms with Crippen molar-refractivity contribution in [3.05, 3.63) is 35.2 Å². The summed E-state index contributed by atoms with van der Waals surface area (Å²) < 4.78 is 75.8. The molecule has 4 amide bonds. The van der Waals surface area contributed by atoms with Gasteiger partial charge in [0.1, 0.15) is 5.69 Å². The predicted molar refractivity (Wildman–Crippen MR) is 105 cm³/mol. The van der Waals surface area contributed by atoms with Crippen LogP contribution < -0.4 is 15.5 Å². The third-order valence-electron chi connectivity index (χ3n) is 6.48. The number of halogens is 5. The van der Waals surface area contributed by atoms with Crippen molar-refractivity contribution in [3.63, 3.8) is 0 Å². The van der Waals surface area contributed by atoms with E-state index in [1.54, 1.807) is 13.8 Å². The smallest absolute Gasteiger partial charge is 0.372 e. The van der Waals surface area contributed by atoms with Gasteiger partial charge in [-0.1, -0.05) is 5.21 Å². The Bertz CT molecular complexity index is 1260. The molecule has 2 fully saturated rings. The van der Waals surface area contributed by atoms with E-state index in [2.05, 4.69) is 10.3 Å². The standard InChI is InChI=1S/C20H17F5N6O4/c1-7-5-30-14-9(3-10(12(21)13(14)22)31-6-11(28-29-31)20(23,24)25)4-19(15(30)8(2)35-7)16(32)26-18(34)27-17(19)33/h3,6-8,15H,4-5H2,1-2H3,(H2,26,27,32,33,34)/t7?,8-,15+/m0/s1. The van der Waals surface area contributed by atoms with Gasteiger partial charge in [0.2, 0.25) is 11.8 Å². The lowest BCUT2D eigenvalue weighted by atomic mass is 9.66.